The van der Waals surface area contributed by atoms with Crippen LogP contribution in [0.5, 0.6) is 0 Å². The number of benzene rings is 2. The quantitative estimate of drug-likeness (QED) is 0.647. The Labute approximate surface area is 158 Å². The van der Waals surface area contributed by atoms with Crippen LogP contribution < -0.4 is 5.32 Å². The fourth-order valence-electron chi connectivity index (χ4n) is 2.61. The van der Waals surface area contributed by atoms with Gasteiger partial charge >= 0.3 is 0 Å². The van der Waals surface area contributed by atoms with E-state index < -0.39 is 0 Å². The summed E-state index contributed by atoms with van der Waals surface area (Å²) in [6.45, 7) is 2.99. The van der Waals surface area contributed by atoms with E-state index in [0.29, 0.717) is 0 Å². The normalized spacial score (nSPS) is 11.2. The van der Waals surface area contributed by atoms with Crippen molar-refractivity contribution in [2.75, 3.05) is 27.2 Å². The van der Waals surface area contributed by atoms with Crippen molar-refractivity contribution in [3.63, 3.8) is 0 Å². The van der Waals surface area contributed by atoms with Gasteiger partial charge in [0, 0.05) is 41.2 Å². The Kier molecular flexibility index (Phi) is 6.21. The maximum absolute atomic E-state index is 5.96. The molecule has 1 aromatic heterocycles. The number of aromatic nitrogens is 1. The number of hydrogen-bond donors (Lipinski definition) is 1. The van der Waals surface area contributed by atoms with E-state index >= 15 is 0 Å². The molecule has 0 fully saturated rings. The first-order chi connectivity index (χ1) is 12.2. The van der Waals surface area contributed by atoms with Crippen molar-refractivity contribution in [2.45, 2.75) is 6.54 Å². The molecule has 0 saturated heterocycles. The SMILES string of the molecule is CNCCN(C)Cc1ccc(-c2csc(-c3ccc(Cl)cc3)n2)cc1. The second-order valence-corrected chi connectivity index (χ2v) is 7.38. The summed E-state index contributed by atoms with van der Waals surface area (Å²) in [6.07, 6.45) is 0. The zero-order valence-electron chi connectivity index (χ0n) is 14.5. The van der Waals surface area contributed by atoms with Crippen molar-refractivity contribution in [3.05, 3.63) is 64.5 Å². The Balaban J connectivity index is 1.69. The molecule has 5 heteroatoms. The van der Waals surface area contributed by atoms with E-state index in [2.05, 4.69) is 46.9 Å². The fraction of sp³-hybridized carbons (Fsp3) is 0.250. The molecular weight excluding hydrogens is 350 g/mol. The minimum Gasteiger partial charge on any atom is -0.318 e. The average molecular weight is 372 g/mol. The number of thiazole rings is 1. The lowest BCUT2D eigenvalue weighted by Crippen LogP contribution is -2.26. The first-order valence-electron chi connectivity index (χ1n) is 8.29. The number of halogens is 1. The van der Waals surface area contributed by atoms with Crippen LogP contribution in [0.1, 0.15) is 5.56 Å². The van der Waals surface area contributed by atoms with E-state index in [-0.39, 0.29) is 0 Å². The molecule has 25 heavy (non-hydrogen) atoms. The van der Waals surface area contributed by atoms with Crippen LogP contribution in [-0.4, -0.2) is 37.1 Å². The second-order valence-electron chi connectivity index (χ2n) is 6.08. The summed E-state index contributed by atoms with van der Waals surface area (Å²) >= 11 is 7.61. The topological polar surface area (TPSA) is 28.2 Å². The minimum absolute atomic E-state index is 0.746. The smallest absolute Gasteiger partial charge is 0.124 e. The summed E-state index contributed by atoms with van der Waals surface area (Å²) in [6, 6.07) is 16.5. The van der Waals surface area contributed by atoms with Crippen molar-refractivity contribution in [2.24, 2.45) is 0 Å². The molecule has 3 rings (SSSR count). The van der Waals surface area contributed by atoms with E-state index in [0.717, 1.165) is 46.5 Å². The van der Waals surface area contributed by atoms with Gasteiger partial charge in [0.2, 0.25) is 0 Å². The van der Waals surface area contributed by atoms with Crippen LogP contribution in [0, 0.1) is 0 Å². The van der Waals surface area contributed by atoms with Gasteiger partial charge in [-0.1, -0.05) is 48.0 Å². The molecule has 0 saturated carbocycles. The molecule has 0 atom stereocenters. The molecule has 3 nitrogen and oxygen atoms in total. The van der Waals surface area contributed by atoms with Gasteiger partial charge in [-0.3, -0.25) is 0 Å². The lowest BCUT2D eigenvalue weighted by Gasteiger charge is -2.16. The minimum atomic E-state index is 0.746. The van der Waals surface area contributed by atoms with Gasteiger partial charge in [-0.05, 0) is 31.8 Å². The largest absolute Gasteiger partial charge is 0.318 e. The number of hydrogen-bond acceptors (Lipinski definition) is 4. The summed E-state index contributed by atoms with van der Waals surface area (Å²) in [5.41, 5.74) is 4.59. The van der Waals surface area contributed by atoms with Gasteiger partial charge in [-0.2, -0.15) is 0 Å². The van der Waals surface area contributed by atoms with Crippen LogP contribution >= 0.6 is 22.9 Å². The summed E-state index contributed by atoms with van der Waals surface area (Å²) in [7, 11) is 4.12. The van der Waals surface area contributed by atoms with Gasteiger partial charge in [0.1, 0.15) is 5.01 Å². The van der Waals surface area contributed by atoms with E-state index in [4.69, 9.17) is 16.6 Å². The number of rotatable bonds is 7. The Morgan fingerprint density at radius 3 is 2.40 bits per heavy atom. The molecule has 0 radical (unpaired) electrons. The van der Waals surface area contributed by atoms with Crippen LogP contribution in [0.4, 0.5) is 0 Å². The lowest BCUT2D eigenvalue weighted by molar-refractivity contribution is 0.328. The van der Waals surface area contributed by atoms with Crippen LogP contribution in [0.25, 0.3) is 21.8 Å². The van der Waals surface area contributed by atoms with Gasteiger partial charge in [0.05, 0.1) is 5.69 Å². The van der Waals surface area contributed by atoms with Crippen LogP contribution in [0.3, 0.4) is 0 Å². The predicted molar refractivity (Wildman–Crippen MR) is 108 cm³/mol. The predicted octanol–water partition coefficient (Wildman–Crippen LogP) is 4.78. The zero-order valence-corrected chi connectivity index (χ0v) is 16.1. The van der Waals surface area contributed by atoms with E-state index in [9.17, 15) is 0 Å². The highest BCUT2D eigenvalue weighted by Crippen LogP contribution is 2.29. The van der Waals surface area contributed by atoms with E-state index in [1.165, 1.54) is 5.56 Å². The molecule has 0 spiro atoms. The maximum Gasteiger partial charge on any atom is 0.124 e. The highest BCUT2D eigenvalue weighted by atomic mass is 35.5. The second kappa shape index (κ2) is 8.59. The highest BCUT2D eigenvalue weighted by Gasteiger charge is 2.07. The van der Waals surface area contributed by atoms with Gasteiger partial charge in [0.15, 0.2) is 0 Å². The molecular formula is C20H22ClN3S. The third kappa shape index (κ3) is 4.89. The summed E-state index contributed by atoms with van der Waals surface area (Å²) in [5.74, 6) is 0. The van der Waals surface area contributed by atoms with Crippen molar-refractivity contribution < 1.29 is 0 Å². The highest BCUT2D eigenvalue weighted by molar-refractivity contribution is 7.13. The van der Waals surface area contributed by atoms with Crippen LogP contribution in [-0.2, 0) is 6.54 Å². The summed E-state index contributed by atoms with van der Waals surface area (Å²) < 4.78 is 0. The molecule has 1 heterocycles. The number of nitrogens with one attached hydrogen (secondary N) is 1. The molecule has 1 N–H and O–H groups in total. The Morgan fingerprint density at radius 1 is 1.04 bits per heavy atom. The monoisotopic (exact) mass is 371 g/mol. The number of nitrogens with zero attached hydrogens (tertiary/aromatic N) is 2. The van der Waals surface area contributed by atoms with E-state index in [1.54, 1.807) is 11.3 Å². The standard InChI is InChI=1S/C20H22ClN3S/c1-22-11-12-24(2)13-15-3-5-16(6-4-15)19-14-25-20(23-19)17-7-9-18(21)10-8-17/h3-10,14,22H,11-13H2,1-2H3. The third-order valence-electron chi connectivity index (χ3n) is 4.04. The van der Waals surface area contributed by atoms with Gasteiger partial charge in [0.25, 0.3) is 0 Å². The van der Waals surface area contributed by atoms with Crippen LogP contribution in [0.2, 0.25) is 5.02 Å². The van der Waals surface area contributed by atoms with Crippen molar-refractivity contribution in [1.29, 1.82) is 0 Å². The summed E-state index contributed by atoms with van der Waals surface area (Å²) in [4.78, 5) is 7.08. The van der Waals surface area contributed by atoms with E-state index in [1.807, 2.05) is 31.3 Å². The van der Waals surface area contributed by atoms with Gasteiger partial charge in [-0.15, -0.1) is 11.3 Å². The van der Waals surface area contributed by atoms with Crippen molar-refractivity contribution in [1.82, 2.24) is 15.2 Å². The Bertz CT molecular complexity index is 797. The lowest BCUT2D eigenvalue weighted by atomic mass is 10.1. The molecule has 2 aromatic carbocycles. The van der Waals surface area contributed by atoms with Gasteiger partial charge in [-0.25, -0.2) is 4.98 Å². The first kappa shape index (κ1) is 18.1. The molecule has 0 aliphatic rings. The Morgan fingerprint density at radius 2 is 1.72 bits per heavy atom. The van der Waals surface area contributed by atoms with Crippen molar-refractivity contribution >= 4 is 22.9 Å². The maximum atomic E-state index is 5.96. The number of likely N-dealkylation sites (N-methyl/N-ethyl adjacent to an activating group) is 2. The molecule has 0 aliphatic heterocycles. The fourth-order valence-corrected chi connectivity index (χ4v) is 3.57. The van der Waals surface area contributed by atoms with Gasteiger partial charge < -0.3 is 10.2 Å². The molecule has 0 bridgehead atoms. The Hall–Kier alpha value is -1.72. The zero-order chi connectivity index (χ0) is 17.6. The molecule has 0 aliphatic carbocycles. The van der Waals surface area contributed by atoms with Crippen LogP contribution in [0.15, 0.2) is 53.9 Å². The molecule has 130 valence electrons. The van der Waals surface area contributed by atoms with Crippen molar-refractivity contribution in [3.8, 4) is 21.8 Å². The molecule has 0 amide bonds. The third-order valence-corrected chi connectivity index (χ3v) is 5.18. The summed E-state index contributed by atoms with van der Waals surface area (Å²) in [5, 5.41) is 7.05. The average Bonchev–Trinajstić information content (AvgIpc) is 3.11. The molecule has 3 aromatic rings. The first-order valence-corrected chi connectivity index (χ1v) is 9.55. The molecule has 0 unspecified atom stereocenters.